The molecular weight excluding hydrogens is 415 g/mol. The van der Waals surface area contributed by atoms with Crippen LogP contribution in [0.4, 0.5) is 30.6 Å². The van der Waals surface area contributed by atoms with Gasteiger partial charge >= 0.3 is 6.18 Å². The van der Waals surface area contributed by atoms with Crippen molar-refractivity contribution in [1.29, 1.82) is 0 Å². The molecule has 2 N–H and O–H groups in total. The molecule has 30 heavy (non-hydrogen) atoms. The molecule has 2 aromatic heterocycles. The summed E-state index contributed by atoms with van der Waals surface area (Å²) >= 11 is 6.09. The first-order valence-electron chi connectivity index (χ1n) is 9.59. The van der Waals surface area contributed by atoms with Crippen molar-refractivity contribution in [1.82, 2.24) is 15.0 Å². The maximum absolute atomic E-state index is 13.5. The summed E-state index contributed by atoms with van der Waals surface area (Å²) in [5, 5.41) is 6.03. The van der Waals surface area contributed by atoms with Crippen molar-refractivity contribution in [3.8, 4) is 11.3 Å². The lowest BCUT2D eigenvalue weighted by molar-refractivity contribution is -0.136. The fraction of sp³-hybridized carbons (Fsp3) is 0.286. The van der Waals surface area contributed by atoms with Gasteiger partial charge in [-0.15, -0.1) is 0 Å². The van der Waals surface area contributed by atoms with Crippen LogP contribution in [0.2, 0.25) is 5.02 Å². The van der Waals surface area contributed by atoms with Gasteiger partial charge in [0.15, 0.2) is 0 Å². The Kier molecular flexibility index (Phi) is 5.76. The number of alkyl halides is 3. The number of anilines is 3. The van der Waals surface area contributed by atoms with Crippen LogP contribution in [0.25, 0.3) is 11.3 Å². The lowest BCUT2D eigenvalue weighted by Gasteiger charge is -2.18. The molecule has 0 saturated heterocycles. The number of benzene rings is 1. The maximum Gasteiger partial charge on any atom is 0.418 e. The van der Waals surface area contributed by atoms with Gasteiger partial charge in [-0.2, -0.15) is 18.2 Å². The highest BCUT2D eigenvalue weighted by Crippen LogP contribution is 2.40. The average molecular weight is 434 g/mol. The Morgan fingerprint density at radius 3 is 2.43 bits per heavy atom. The molecule has 0 atom stereocenters. The molecular formula is C21H19ClF3N5. The molecule has 1 aromatic carbocycles. The zero-order valence-electron chi connectivity index (χ0n) is 15.9. The van der Waals surface area contributed by atoms with E-state index in [0.717, 1.165) is 37.3 Å². The Hall–Kier alpha value is -2.87. The highest BCUT2D eigenvalue weighted by molar-refractivity contribution is 6.33. The van der Waals surface area contributed by atoms with Crippen LogP contribution in [0.3, 0.4) is 0 Å². The average Bonchev–Trinajstić information content (AvgIpc) is 3.22. The Labute approximate surface area is 176 Å². The first kappa shape index (κ1) is 20.4. The number of nitrogens with zero attached hydrogens (tertiary/aromatic N) is 3. The highest BCUT2D eigenvalue weighted by Gasteiger charge is 2.34. The molecule has 4 rings (SSSR count). The first-order valence-corrected chi connectivity index (χ1v) is 9.97. The second-order valence-electron chi connectivity index (χ2n) is 7.11. The van der Waals surface area contributed by atoms with Crippen LogP contribution in [0.5, 0.6) is 0 Å². The van der Waals surface area contributed by atoms with Gasteiger partial charge in [-0.3, -0.25) is 4.98 Å². The van der Waals surface area contributed by atoms with Gasteiger partial charge < -0.3 is 10.6 Å². The molecule has 1 fully saturated rings. The van der Waals surface area contributed by atoms with Crippen molar-refractivity contribution in [2.45, 2.75) is 37.9 Å². The minimum Gasteiger partial charge on any atom is -0.351 e. The van der Waals surface area contributed by atoms with Crippen molar-refractivity contribution in [2.24, 2.45) is 0 Å². The summed E-state index contributed by atoms with van der Waals surface area (Å²) in [6, 6.07) is 9.06. The quantitative estimate of drug-likeness (QED) is 0.493. The summed E-state index contributed by atoms with van der Waals surface area (Å²) in [5.74, 6) is 0.579. The molecule has 0 unspecified atom stereocenters. The zero-order chi connectivity index (χ0) is 21.1. The van der Waals surface area contributed by atoms with Gasteiger partial charge in [0.2, 0.25) is 5.95 Å². The molecule has 2 heterocycles. The van der Waals surface area contributed by atoms with E-state index in [1.165, 1.54) is 12.1 Å². The maximum atomic E-state index is 13.5. The number of halogens is 4. The van der Waals surface area contributed by atoms with Gasteiger partial charge in [-0.1, -0.05) is 30.5 Å². The van der Waals surface area contributed by atoms with Crippen LogP contribution >= 0.6 is 11.6 Å². The minimum atomic E-state index is -4.56. The van der Waals surface area contributed by atoms with Crippen LogP contribution in [0, 0.1) is 0 Å². The van der Waals surface area contributed by atoms with Crippen LogP contribution in [-0.2, 0) is 6.18 Å². The normalized spacial score (nSPS) is 14.7. The van der Waals surface area contributed by atoms with Gasteiger partial charge in [0.1, 0.15) is 5.82 Å². The molecule has 0 aliphatic heterocycles. The van der Waals surface area contributed by atoms with Gasteiger partial charge in [0.05, 0.1) is 22.0 Å². The fourth-order valence-corrected chi connectivity index (χ4v) is 3.74. The van der Waals surface area contributed by atoms with Crippen molar-refractivity contribution >= 4 is 29.1 Å². The Morgan fingerprint density at radius 2 is 1.73 bits per heavy atom. The largest absolute Gasteiger partial charge is 0.418 e. The van der Waals surface area contributed by atoms with Crippen LogP contribution in [0.1, 0.15) is 31.2 Å². The molecule has 156 valence electrons. The van der Waals surface area contributed by atoms with Crippen molar-refractivity contribution in [3.63, 3.8) is 0 Å². The molecule has 0 radical (unpaired) electrons. The standard InChI is InChI=1S/C21H19ClF3N5/c22-16-7-3-6-15(21(23,24)25)19(16)29-18-12-17(13-8-10-26-11-9-13)28-20(30-18)27-14-4-1-2-5-14/h3,6-12,14H,1-2,4-5H2,(H2,27,28,29,30). The summed E-state index contributed by atoms with van der Waals surface area (Å²) in [7, 11) is 0. The van der Waals surface area contributed by atoms with E-state index >= 15 is 0 Å². The Morgan fingerprint density at radius 1 is 1.00 bits per heavy atom. The summed E-state index contributed by atoms with van der Waals surface area (Å²) in [6.45, 7) is 0. The van der Waals surface area contributed by atoms with E-state index in [2.05, 4.69) is 25.6 Å². The van der Waals surface area contributed by atoms with Gasteiger partial charge in [0, 0.05) is 30.1 Å². The van der Waals surface area contributed by atoms with Gasteiger partial charge in [-0.05, 0) is 37.1 Å². The third-order valence-corrected chi connectivity index (χ3v) is 5.28. The second kappa shape index (κ2) is 8.47. The molecule has 1 aliphatic rings. The molecule has 3 aromatic rings. The van der Waals surface area contributed by atoms with E-state index in [0.29, 0.717) is 11.6 Å². The first-order chi connectivity index (χ1) is 14.4. The molecule has 9 heteroatoms. The van der Waals surface area contributed by atoms with E-state index in [1.54, 1.807) is 30.6 Å². The number of pyridine rings is 1. The minimum absolute atomic E-state index is 0.0424. The van der Waals surface area contributed by atoms with E-state index < -0.39 is 11.7 Å². The zero-order valence-corrected chi connectivity index (χ0v) is 16.6. The van der Waals surface area contributed by atoms with Gasteiger partial charge in [0.25, 0.3) is 0 Å². The van der Waals surface area contributed by atoms with Crippen LogP contribution in [-0.4, -0.2) is 21.0 Å². The second-order valence-corrected chi connectivity index (χ2v) is 7.52. The summed E-state index contributed by atoms with van der Waals surface area (Å²) in [5.41, 5.74) is 0.248. The Bertz CT molecular complexity index is 1020. The molecule has 0 bridgehead atoms. The summed E-state index contributed by atoms with van der Waals surface area (Å²) in [6.07, 6.45) is 2.97. The lowest BCUT2D eigenvalue weighted by Crippen LogP contribution is -2.17. The van der Waals surface area contributed by atoms with E-state index in [9.17, 15) is 13.2 Å². The third kappa shape index (κ3) is 4.64. The van der Waals surface area contributed by atoms with E-state index in [-0.39, 0.29) is 22.6 Å². The number of rotatable bonds is 5. The predicted molar refractivity (Wildman–Crippen MR) is 111 cm³/mol. The summed E-state index contributed by atoms with van der Waals surface area (Å²) in [4.78, 5) is 13.0. The molecule has 0 spiro atoms. The van der Waals surface area contributed by atoms with Gasteiger partial charge in [-0.25, -0.2) is 4.98 Å². The fourth-order valence-electron chi connectivity index (χ4n) is 3.51. The van der Waals surface area contributed by atoms with Crippen LogP contribution in [0.15, 0.2) is 48.8 Å². The topological polar surface area (TPSA) is 62.7 Å². The predicted octanol–water partition coefficient (Wildman–Crippen LogP) is 6.31. The SMILES string of the molecule is FC(F)(F)c1cccc(Cl)c1Nc1cc(-c2ccncc2)nc(NC2CCCC2)n1. The van der Waals surface area contributed by atoms with Crippen molar-refractivity contribution < 1.29 is 13.2 Å². The van der Waals surface area contributed by atoms with E-state index in [1.807, 2.05) is 0 Å². The molecule has 1 aliphatic carbocycles. The third-order valence-electron chi connectivity index (χ3n) is 4.96. The number of para-hydroxylation sites is 1. The number of hydrogen-bond acceptors (Lipinski definition) is 5. The monoisotopic (exact) mass is 433 g/mol. The molecule has 0 amide bonds. The number of nitrogens with one attached hydrogen (secondary N) is 2. The van der Waals surface area contributed by atoms with Crippen molar-refractivity contribution in [3.05, 3.63) is 59.4 Å². The number of hydrogen-bond donors (Lipinski definition) is 2. The molecule has 1 saturated carbocycles. The van der Waals surface area contributed by atoms with Crippen molar-refractivity contribution in [2.75, 3.05) is 10.6 Å². The smallest absolute Gasteiger partial charge is 0.351 e. The summed E-state index contributed by atoms with van der Waals surface area (Å²) < 4.78 is 40.4. The molecule has 5 nitrogen and oxygen atoms in total. The Balaban J connectivity index is 1.74. The highest BCUT2D eigenvalue weighted by atomic mass is 35.5. The van der Waals surface area contributed by atoms with E-state index in [4.69, 9.17) is 11.6 Å². The number of aromatic nitrogens is 3. The van der Waals surface area contributed by atoms with Crippen LogP contribution < -0.4 is 10.6 Å². The lowest BCUT2D eigenvalue weighted by atomic mass is 10.1.